The first-order valence-corrected chi connectivity index (χ1v) is 6.15. The van der Waals surface area contributed by atoms with Crippen LogP contribution in [0.15, 0.2) is 18.3 Å². The van der Waals surface area contributed by atoms with E-state index in [0.717, 1.165) is 24.5 Å². The highest BCUT2D eigenvalue weighted by atomic mass is 16.5. The van der Waals surface area contributed by atoms with Crippen molar-refractivity contribution >= 4 is 0 Å². The molecule has 1 heterocycles. The van der Waals surface area contributed by atoms with E-state index in [1.807, 2.05) is 12.1 Å². The van der Waals surface area contributed by atoms with Gasteiger partial charge in [-0.05, 0) is 18.6 Å². The van der Waals surface area contributed by atoms with Crippen LogP contribution >= 0.6 is 0 Å². The van der Waals surface area contributed by atoms with Crippen molar-refractivity contribution in [3.8, 4) is 5.75 Å². The van der Waals surface area contributed by atoms with Crippen LogP contribution < -0.4 is 10.5 Å². The third kappa shape index (κ3) is 4.62. The van der Waals surface area contributed by atoms with Gasteiger partial charge in [0.05, 0.1) is 12.3 Å². The van der Waals surface area contributed by atoms with Crippen LogP contribution in [0.5, 0.6) is 5.75 Å². The summed E-state index contributed by atoms with van der Waals surface area (Å²) < 4.78 is 5.67. The van der Waals surface area contributed by atoms with Crippen molar-refractivity contribution in [2.45, 2.75) is 45.6 Å². The molecule has 0 saturated heterocycles. The molecule has 2 N–H and O–H groups in total. The number of unbranched alkanes of at least 4 members (excludes halogenated alkanes) is 4. The standard InChI is InChI=1S/C13H22N2O/c1-2-3-4-5-6-10-16-13-8-7-9-15-12(13)11-14/h7-9H,2-6,10-11,14H2,1H3. The van der Waals surface area contributed by atoms with Crippen LogP contribution in [0.25, 0.3) is 0 Å². The van der Waals surface area contributed by atoms with Gasteiger partial charge in [-0.2, -0.15) is 0 Å². The summed E-state index contributed by atoms with van der Waals surface area (Å²) in [6.07, 6.45) is 8.00. The van der Waals surface area contributed by atoms with Crippen molar-refractivity contribution in [3.05, 3.63) is 24.0 Å². The van der Waals surface area contributed by atoms with Crippen molar-refractivity contribution in [2.75, 3.05) is 6.61 Å². The van der Waals surface area contributed by atoms with E-state index in [2.05, 4.69) is 11.9 Å². The Hall–Kier alpha value is -1.09. The smallest absolute Gasteiger partial charge is 0.142 e. The van der Waals surface area contributed by atoms with Crippen LogP contribution in [0.2, 0.25) is 0 Å². The van der Waals surface area contributed by atoms with Gasteiger partial charge in [-0.1, -0.05) is 32.6 Å². The highest BCUT2D eigenvalue weighted by Crippen LogP contribution is 2.15. The maximum absolute atomic E-state index is 5.67. The second-order valence-corrected chi connectivity index (χ2v) is 3.92. The molecule has 0 radical (unpaired) electrons. The number of rotatable bonds is 8. The third-order valence-electron chi connectivity index (χ3n) is 2.55. The van der Waals surface area contributed by atoms with Crippen LogP contribution in [0.4, 0.5) is 0 Å². The van der Waals surface area contributed by atoms with Gasteiger partial charge in [0.15, 0.2) is 0 Å². The van der Waals surface area contributed by atoms with Gasteiger partial charge in [0.2, 0.25) is 0 Å². The molecule has 0 fully saturated rings. The van der Waals surface area contributed by atoms with Crippen LogP contribution in [0, 0.1) is 0 Å². The summed E-state index contributed by atoms with van der Waals surface area (Å²) in [4.78, 5) is 4.18. The molecule has 0 atom stereocenters. The quantitative estimate of drug-likeness (QED) is 0.688. The Morgan fingerprint density at radius 3 is 2.81 bits per heavy atom. The van der Waals surface area contributed by atoms with Crippen LogP contribution in [-0.2, 0) is 6.54 Å². The van der Waals surface area contributed by atoms with E-state index in [9.17, 15) is 0 Å². The zero-order chi connectivity index (χ0) is 11.6. The Morgan fingerprint density at radius 1 is 1.25 bits per heavy atom. The molecular formula is C13H22N2O. The van der Waals surface area contributed by atoms with Crippen molar-refractivity contribution in [2.24, 2.45) is 5.73 Å². The van der Waals surface area contributed by atoms with Gasteiger partial charge in [-0.15, -0.1) is 0 Å². The minimum atomic E-state index is 0.437. The van der Waals surface area contributed by atoms with Gasteiger partial charge in [0.25, 0.3) is 0 Å². The number of pyridine rings is 1. The molecule has 0 spiro atoms. The molecule has 0 unspecified atom stereocenters. The summed E-state index contributed by atoms with van der Waals surface area (Å²) in [5.41, 5.74) is 6.42. The Labute approximate surface area is 98.0 Å². The summed E-state index contributed by atoms with van der Waals surface area (Å²) >= 11 is 0. The fraction of sp³-hybridized carbons (Fsp3) is 0.615. The van der Waals surface area contributed by atoms with Gasteiger partial charge < -0.3 is 10.5 Å². The number of aromatic nitrogens is 1. The minimum Gasteiger partial charge on any atom is -0.492 e. The second kappa shape index (κ2) is 8.11. The lowest BCUT2D eigenvalue weighted by atomic mass is 10.2. The van der Waals surface area contributed by atoms with Crippen molar-refractivity contribution in [1.29, 1.82) is 0 Å². The molecule has 0 amide bonds. The van der Waals surface area contributed by atoms with E-state index >= 15 is 0 Å². The molecule has 16 heavy (non-hydrogen) atoms. The number of nitrogens with two attached hydrogens (primary N) is 1. The van der Waals surface area contributed by atoms with E-state index < -0.39 is 0 Å². The van der Waals surface area contributed by atoms with E-state index in [1.165, 1.54) is 25.7 Å². The first-order chi connectivity index (χ1) is 7.88. The van der Waals surface area contributed by atoms with Crippen molar-refractivity contribution in [3.63, 3.8) is 0 Å². The second-order valence-electron chi connectivity index (χ2n) is 3.92. The lowest BCUT2D eigenvalue weighted by molar-refractivity contribution is 0.300. The summed E-state index contributed by atoms with van der Waals surface area (Å²) in [7, 11) is 0. The molecule has 0 aliphatic rings. The van der Waals surface area contributed by atoms with Gasteiger partial charge in [-0.3, -0.25) is 4.98 Å². The molecule has 0 aromatic carbocycles. The van der Waals surface area contributed by atoms with E-state index in [-0.39, 0.29) is 0 Å². The van der Waals surface area contributed by atoms with Crippen LogP contribution in [0.3, 0.4) is 0 Å². The highest BCUT2D eigenvalue weighted by molar-refractivity contribution is 5.26. The third-order valence-corrected chi connectivity index (χ3v) is 2.55. The molecule has 0 bridgehead atoms. The lowest BCUT2D eigenvalue weighted by Crippen LogP contribution is -2.05. The Kier molecular flexibility index (Phi) is 6.58. The molecule has 90 valence electrons. The van der Waals surface area contributed by atoms with Gasteiger partial charge in [-0.25, -0.2) is 0 Å². The largest absolute Gasteiger partial charge is 0.492 e. The fourth-order valence-corrected chi connectivity index (χ4v) is 1.60. The molecule has 0 aliphatic carbocycles. The highest BCUT2D eigenvalue weighted by Gasteiger charge is 2.01. The van der Waals surface area contributed by atoms with E-state index in [1.54, 1.807) is 6.20 Å². The molecular weight excluding hydrogens is 200 g/mol. The van der Waals surface area contributed by atoms with Gasteiger partial charge in [0, 0.05) is 12.7 Å². The monoisotopic (exact) mass is 222 g/mol. The number of ether oxygens (including phenoxy) is 1. The number of hydrogen-bond acceptors (Lipinski definition) is 3. The fourth-order valence-electron chi connectivity index (χ4n) is 1.60. The molecule has 0 saturated carbocycles. The number of nitrogens with zero attached hydrogens (tertiary/aromatic N) is 1. The van der Waals surface area contributed by atoms with Crippen LogP contribution in [-0.4, -0.2) is 11.6 Å². The molecule has 1 aromatic rings. The molecule has 3 heteroatoms. The Morgan fingerprint density at radius 2 is 2.06 bits per heavy atom. The maximum atomic E-state index is 5.67. The summed E-state index contributed by atoms with van der Waals surface area (Å²) in [6, 6.07) is 3.81. The zero-order valence-electron chi connectivity index (χ0n) is 10.1. The predicted octanol–water partition coefficient (Wildman–Crippen LogP) is 2.89. The minimum absolute atomic E-state index is 0.437. The van der Waals surface area contributed by atoms with E-state index in [0.29, 0.717) is 6.54 Å². The topological polar surface area (TPSA) is 48.1 Å². The average molecular weight is 222 g/mol. The molecule has 1 rings (SSSR count). The predicted molar refractivity (Wildman–Crippen MR) is 66.4 cm³/mol. The van der Waals surface area contributed by atoms with Crippen molar-refractivity contribution in [1.82, 2.24) is 4.98 Å². The summed E-state index contributed by atoms with van der Waals surface area (Å²) in [6.45, 7) is 3.42. The molecule has 0 aliphatic heterocycles. The first kappa shape index (κ1) is 13.0. The van der Waals surface area contributed by atoms with E-state index in [4.69, 9.17) is 10.5 Å². The normalized spacial score (nSPS) is 10.4. The average Bonchev–Trinajstić information content (AvgIpc) is 2.34. The maximum Gasteiger partial charge on any atom is 0.142 e. The number of hydrogen-bond donors (Lipinski definition) is 1. The first-order valence-electron chi connectivity index (χ1n) is 6.15. The molecule has 1 aromatic heterocycles. The zero-order valence-corrected chi connectivity index (χ0v) is 10.1. The summed E-state index contributed by atoms with van der Waals surface area (Å²) in [5, 5.41) is 0. The molecule has 3 nitrogen and oxygen atoms in total. The van der Waals surface area contributed by atoms with Gasteiger partial charge in [0.1, 0.15) is 5.75 Å². The van der Waals surface area contributed by atoms with Gasteiger partial charge >= 0.3 is 0 Å². The summed E-state index contributed by atoms with van der Waals surface area (Å²) in [5.74, 6) is 0.834. The lowest BCUT2D eigenvalue weighted by Gasteiger charge is -2.08. The Balaban J connectivity index is 2.21. The van der Waals surface area contributed by atoms with Crippen LogP contribution in [0.1, 0.15) is 44.7 Å². The van der Waals surface area contributed by atoms with Crippen molar-refractivity contribution < 1.29 is 4.74 Å². The SMILES string of the molecule is CCCCCCCOc1cccnc1CN. The Bertz CT molecular complexity index is 289.